The number of hydrogen-bond donors (Lipinski definition) is 1. The van der Waals surface area contributed by atoms with Gasteiger partial charge in [0.05, 0.1) is 17.7 Å². The maximum absolute atomic E-state index is 14.2. The van der Waals surface area contributed by atoms with E-state index < -0.39 is 34.1 Å². The molecule has 0 radical (unpaired) electrons. The summed E-state index contributed by atoms with van der Waals surface area (Å²) in [4.78, 5) is 29.2. The Morgan fingerprint density at radius 3 is 2.17 bits per heavy atom. The number of aryl methyl sites for hydroxylation is 2. The molecule has 0 fully saturated rings. The lowest BCUT2D eigenvalue weighted by Crippen LogP contribution is -2.55. The molecule has 3 rings (SSSR count). The highest BCUT2D eigenvalue weighted by Gasteiger charge is 2.35. The largest absolute Gasteiger partial charge is 0.495 e. The molecule has 0 saturated heterocycles. The number of ether oxygens (including phenoxy) is 1. The minimum atomic E-state index is -4.19. The predicted molar refractivity (Wildman–Crippen MR) is 162 cm³/mol. The first-order valence-corrected chi connectivity index (χ1v) is 15.1. The smallest absolute Gasteiger partial charge is 0.264 e. The monoisotopic (exact) mass is 579 g/mol. The highest BCUT2D eigenvalue weighted by molar-refractivity contribution is 7.92. The number of nitrogens with one attached hydrogen (secondary N) is 1. The van der Waals surface area contributed by atoms with Crippen LogP contribution in [0.15, 0.2) is 77.7 Å². The average Bonchev–Trinajstić information content (AvgIpc) is 2.91. The van der Waals surface area contributed by atoms with Gasteiger partial charge in [0.2, 0.25) is 11.8 Å². The fourth-order valence-corrected chi connectivity index (χ4v) is 6.05. The van der Waals surface area contributed by atoms with E-state index in [2.05, 4.69) is 5.32 Å². The summed E-state index contributed by atoms with van der Waals surface area (Å²) in [5.74, 6) is -0.497. The van der Waals surface area contributed by atoms with Crippen LogP contribution < -0.4 is 14.4 Å². The first kappa shape index (κ1) is 31.7. The van der Waals surface area contributed by atoms with Gasteiger partial charge in [-0.25, -0.2) is 8.42 Å². The van der Waals surface area contributed by atoms with E-state index in [0.717, 1.165) is 21.0 Å². The third kappa shape index (κ3) is 8.10. The van der Waals surface area contributed by atoms with Gasteiger partial charge >= 0.3 is 0 Å². The van der Waals surface area contributed by atoms with Gasteiger partial charge in [-0.2, -0.15) is 0 Å². The molecule has 8 nitrogen and oxygen atoms in total. The van der Waals surface area contributed by atoms with E-state index in [9.17, 15) is 18.0 Å². The Hall–Kier alpha value is -3.85. The summed E-state index contributed by atoms with van der Waals surface area (Å²) in [6.45, 7) is 10.9. The third-order valence-electron chi connectivity index (χ3n) is 6.53. The predicted octanol–water partition coefficient (Wildman–Crippen LogP) is 5.23. The van der Waals surface area contributed by atoms with Gasteiger partial charge < -0.3 is 15.0 Å². The number of benzene rings is 3. The van der Waals surface area contributed by atoms with Gasteiger partial charge in [0.25, 0.3) is 10.0 Å². The van der Waals surface area contributed by atoms with Crippen molar-refractivity contribution in [3.05, 3.63) is 89.5 Å². The number of rotatable bonds is 11. The molecular formula is C32H41N3O5S. The number of amides is 2. The van der Waals surface area contributed by atoms with Gasteiger partial charge in [0.1, 0.15) is 18.3 Å². The van der Waals surface area contributed by atoms with Crippen LogP contribution in [0.25, 0.3) is 0 Å². The second-order valence-electron chi connectivity index (χ2n) is 11.2. The summed E-state index contributed by atoms with van der Waals surface area (Å²) >= 11 is 0. The first-order valence-electron chi connectivity index (χ1n) is 13.7. The van der Waals surface area contributed by atoms with Crippen LogP contribution in [0, 0.1) is 13.8 Å². The molecule has 0 spiro atoms. The van der Waals surface area contributed by atoms with Crippen molar-refractivity contribution in [1.29, 1.82) is 0 Å². The molecular weight excluding hydrogens is 538 g/mol. The van der Waals surface area contributed by atoms with E-state index in [4.69, 9.17) is 4.74 Å². The summed E-state index contributed by atoms with van der Waals surface area (Å²) in [5, 5.41) is 2.98. The van der Waals surface area contributed by atoms with Crippen LogP contribution in [0.3, 0.4) is 0 Å². The standard InChI is InChI=1S/C32H41N3O5S/c1-8-27(31(37)33-32(4,5)6)34(21-25-14-12-13-23(2)19-25)30(36)22-35(28-20-24(3)17-18-29(28)40-7)41(38,39)26-15-10-9-11-16-26/h9-20,27H,8,21-22H2,1-7H3,(H,33,37)/t27-/m1/s1. The molecule has 0 aliphatic carbocycles. The molecule has 0 aromatic heterocycles. The summed E-state index contributed by atoms with van der Waals surface area (Å²) in [6, 6.07) is 20.0. The minimum Gasteiger partial charge on any atom is -0.495 e. The molecule has 0 heterocycles. The number of hydrogen-bond acceptors (Lipinski definition) is 5. The Bertz CT molecular complexity index is 1470. The maximum atomic E-state index is 14.2. The maximum Gasteiger partial charge on any atom is 0.264 e. The van der Waals surface area contributed by atoms with Crippen LogP contribution in [0.4, 0.5) is 5.69 Å². The molecule has 0 saturated carbocycles. The molecule has 2 amide bonds. The molecule has 1 N–H and O–H groups in total. The van der Waals surface area contributed by atoms with Gasteiger partial charge in [0, 0.05) is 12.1 Å². The lowest BCUT2D eigenvalue weighted by Gasteiger charge is -2.35. The van der Waals surface area contributed by atoms with Crippen LogP contribution in [0.2, 0.25) is 0 Å². The van der Waals surface area contributed by atoms with Crippen LogP contribution >= 0.6 is 0 Å². The Labute approximate surface area is 244 Å². The second-order valence-corrected chi connectivity index (χ2v) is 13.0. The Kier molecular flexibility index (Phi) is 10.2. The van der Waals surface area contributed by atoms with Gasteiger partial charge in [-0.1, -0.05) is 61.0 Å². The molecule has 41 heavy (non-hydrogen) atoms. The molecule has 0 bridgehead atoms. The normalized spacial score (nSPS) is 12.4. The summed E-state index contributed by atoms with van der Waals surface area (Å²) < 4.78 is 34.7. The number of nitrogens with zero attached hydrogens (tertiary/aromatic N) is 2. The van der Waals surface area contributed by atoms with Crippen LogP contribution in [-0.4, -0.2) is 50.4 Å². The van der Waals surface area contributed by atoms with Crippen molar-refractivity contribution in [1.82, 2.24) is 10.2 Å². The van der Waals surface area contributed by atoms with Gasteiger partial charge in [0.15, 0.2) is 0 Å². The van der Waals surface area contributed by atoms with Crippen molar-refractivity contribution < 1.29 is 22.7 Å². The summed E-state index contributed by atoms with van der Waals surface area (Å²) in [6.07, 6.45) is 0.346. The van der Waals surface area contributed by atoms with Crippen molar-refractivity contribution in [3.8, 4) is 5.75 Å². The minimum absolute atomic E-state index is 0.0408. The van der Waals surface area contributed by atoms with E-state index in [1.165, 1.54) is 24.1 Å². The van der Waals surface area contributed by atoms with Gasteiger partial charge in [-0.05, 0) is 76.4 Å². The number of carbonyl (C=O) groups is 2. The first-order chi connectivity index (χ1) is 19.3. The Morgan fingerprint density at radius 1 is 0.927 bits per heavy atom. The van der Waals surface area contributed by atoms with Crippen LogP contribution in [-0.2, 0) is 26.2 Å². The van der Waals surface area contributed by atoms with Crippen molar-refractivity contribution in [2.75, 3.05) is 18.0 Å². The highest BCUT2D eigenvalue weighted by atomic mass is 32.2. The van der Waals surface area contributed by atoms with Crippen molar-refractivity contribution in [2.45, 2.75) is 71.0 Å². The second kappa shape index (κ2) is 13.2. The third-order valence-corrected chi connectivity index (χ3v) is 8.31. The van der Waals surface area contributed by atoms with Crippen LogP contribution in [0.5, 0.6) is 5.75 Å². The van der Waals surface area contributed by atoms with Crippen molar-refractivity contribution >= 4 is 27.5 Å². The van der Waals surface area contributed by atoms with Gasteiger partial charge in [-0.15, -0.1) is 0 Å². The SMILES string of the molecule is CC[C@H](C(=O)NC(C)(C)C)N(Cc1cccc(C)c1)C(=O)CN(c1cc(C)ccc1OC)S(=O)(=O)c1ccccc1. The molecule has 0 unspecified atom stereocenters. The zero-order valence-corrected chi connectivity index (χ0v) is 25.8. The summed E-state index contributed by atoms with van der Waals surface area (Å²) in [7, 11) is -2.73. The zero-order valence-electron chi connectivity index (χ0n) is 25.0. The van der Waals surface area contributed by atoms with E-state index >= 15 is 0 Å². The molecule has 220 valence electrons. The molecule has 9 heteroatoms. The summed E-state index contributed by atoms with van der Waals surface area (Å²) in [5.41, 5.74) is 2.38. The molecule has 3 aromatic rings. The van der Waals surface area contributed by atoms with E-state index in [-0.39, 0.29) is 23.0 Å². The Morgan fingerprint density at radius 2 is 1.59 bits per heavy atom. The lowest BCUT2D eigenvalue weighted by atomic mass is 10.0. The van der Waals surface area contributed by atoms with Gasteiger partial charge in [-0.3, -0.25) is 13.9 Å². The number of anilines is 1. The van der Waals surface area contributed by atoms with Crippen LogP contribution in [0.1, 0.15) is 50.8 Å². The average molecular weight is 580 g/mol. The Balaban J connectivity index is 2.13. The van der Waals surface area contributed by atoms with E-state index in [0.29, 0.717) is 12.2 Å². The number of carbonyl (C=O) groups excluding carboxylic acids is 2. The molecule has 3 aromatic carbocycles. The molecule has 0 aliphatic rings. The topological polar surface area (TPSA) is 96.0 Å². The van der Waals surface area contributed by atoms with Crippen molar-refractivity contribution in [3.63, 3.8) is 0 Å². The molecule has 1 atom stereocenters. The number of sulfonamides is 1. The fourth-order valence-electron chi connectivity index (χ4n) is 4.61. The fraction of sp³-hybridized carbons (Fsp3) is 0.375. The highest BCUT2D eigenvalue weighted by Crippen LogP contribution is 2.33. The quantitative estimate of drug-likeness (QED) is 0.336. The van der Waals surface area contributed by atoms with E-state index in [1.54, 1.807) is 30.3 Å². The van der Waals surface area contributed by atoms with E-state index in [1.807, 2.05) is 71.9 Å². The lowest BCUT2D eigenvalue weighted by molar-refractivity contribution is -0.141. The molecule has 0 aliphatic heterocycles. The zero-order chi connectivity index (χ0) is 30.4. The van der Waals surface area contributed by atoms with Crippen molar-refractivity contribution in [2.24, 2.45) is 0 Å². The number of methoxy groups -OCH3 is 1.